The van der Waals surface area contributed by atoms with E-state index >= 15 is 0 Å². The van der Waals surface area contributed by atoms with Crippen LogP contribution in [0.5, 0.6) is 0 Å². The Morgan fingerprint density at radius 3 is 2.34 bits per heavy atom. The molecule has 0 spiro atoms. The zero-order chi connectivity index (χ0) is 22.7. The Morgan fingerprint density at radius 2 is 1.72 bits per heavy atom. The first-order valence-corrected chi connectivity index (χ1v) is 12.3. The van der Waals surface area contributed by atoms with E-state index < -0.39 is 5.82 Å². The lowest BCUT2D eigenvalue weighted by Gasteiger charge is -2.35. The first-order chi connectivity index (χ1) is 15.4. The second-order valence-corrected chi connectivity index (χ2v) is 9.84. The molecule has 2 aromatic carbocycles. The molecular formula is C23H21ClFN3O2S2. The van der Waals surface area contributed by atoms with Crippen LogP contribution in [-0.4, -0.2) is 52.8 Å². The molecule has 1 fully saturated rings. The lowest BCUT2D eigenvalue weighted by molar-refractivity contribution is 0.0533. The molecule has 1 aromatic heterocycles. The number of carbonyl (C=O) groups is 2. The average molecular weight is 490 g/mol. The van der Waals surface area contributed by atoms with E-state index in [2.05, 4.69) is 4.98 Å². The summed E-state index contributed by atoms with van der Waals surface area (Å²) in [5.41, 5.74) is 1.93. The van der Waals surface area contributed by atoms with Gasteiger partial charge in [-0.3, -0.25) is 9.59 Å². The van der Waals surface area contributed by atoms with Gasteiger partial charge in [0, 0.05) is 42.2 Å². The van der Waals surface area contributed by atoms with Gasteiger partial charge < -0.3 is 9.80 Å². The van der Waals surface area contributed by atoms with Crippen molar-refractivity contribution in [3.8, 4) is 0 Å². The molecule has 3 aromatic rings. The molecule has 1 saturated heterocycles. The van der Waals surface area contributed by atoms with Crippen LogP contribution in [-0.2, 0) is 5.75 Å². The number of aryl methyl sites for hydroxylation is 1. The molecule has 0 unspecified atom stereocenters. The normalized spacial score (nSPS) is 14.0. The summed E-state index contributed by atoms with van der Waals surface area (Å²) < 4.78 is 13.3. The summed E-state index contributed by atoms with van der Waals surface area (Å²) >= 11 is 9.25. The molecule has 0 radical (unpaired) electrons. The van der Waals surface area contributed by atoms with Crippen molar-refractivity contribution in [2.75, 3.05) is 26.2 Å². The number of hydrogen-bond acceptors (Lipinski definition) is 5. The van der Waals surface area contributed by atoms with Gasteiger partial charge in [0.05, 0.1) is 26.9 Å². The zero-order valence-electron chi connectivity index (χ0n) is 17.4. The molecule has 0 bridgehead atoms. The second-order valence-electron chi connectivity index (χ2n) is 7.35. The second kappa shape index (κ2) is 10.0. The summed E-state index contributed by atoms with van der Waals surface area (Å²) in [7, 11) is 0. The highest BCUT2D eigenvalue weighted by Gasteiger charge is 2.27. The lowest BCUT2D eigenvalue weighted by atomic mass is 10.1. The van der Waals surface area contributed by atoms with Crippen LogP contribution in [0.2, 0.25) is 5.02 Å². The standard InChI is InChI=1S/C23H21ClFN3O2S2/c1-15-26-17(13-31-15)14-32-21-5-3-2-4-19(21)23(30)28-10-8-27(9-11-28)22(29)18-7-6-16(25)12-20(18)24/h2-7,12-13H,8-11,14H2,1H3. The summed E-state index contributed by atoms with van der Waals surface area (Å²) in [4.78, 5) is 34.8. The number of benzene rings is 2. The molecule has 166 valence electrons. The fourth-order valence-corrected chi connectivity index (χ4v) is 5.41. The van der Waals surface area contributed by atoms with Crippen molar-refractivity contribution in [2.24, 2.45) is 0 Å². The van der Waals surface area contributed by atoms with Crippen molar-refractivity contribution in [3.05, 3.63) is 80.5 Å². The Hall–Kier alpha value is -2.42. The lowest BCUT2D eigenvalue weighted by Crippen LogP contribution is -2.50. The molecule has 1 aliphatic rings. The van der Waals surface area contributed by atoms with Crippen LogP contribution in [0.25, 0.3) is 0 Å². The molecule has 0 atom stereocenters. The molecule has 2 amide bonds. The minimum absolute atomic E-state index is 0.0468. The van der Waals surface area contributed by atoms with Gasteiger partial charge in [0.2, 0.25) is 0 Å². The fraction of sp³-hybridized carbons (Fsp3) is 0.261. The molecule has 32 heavy (non-hydrogen) atoms. The zero-order valence-corrected chi connectivity index (χ0v) is 19.8. The van der Waals surface area contributed by atoms with E-state index in [1.54, 1.807) is 32.9 Å². The highest BCUT2D eigenvalue weighted by Crippen LogP contribution is 2.28. The third-order valence-electron chi connectivity index (χ3n) is 5.18. The number of amides is 2. The van der Waals surface area contributed by atoms with Gasteiger partial charge in [-0.15, -0.1) is 23.1 Å². The number of halogens is 2. The van der Waals surface area contributed by atoms with Crippen molar-refractivity contribution < 1.29 is 14.0 Å². The highest BCUT2D eigenvalue weighted by molar-refractivity contribution is 7.98. The first-order valence-electron chi connectivity index (χ1n) is 10.1. The van der Waals surface area contributed by atoms with Crippen molar-refractivity contribution in [1.82, 2.24) is 14.8 Å². The van der Waals surface area contributed by atoms with E-state index in [9.17, 15) is 14.0 Å². The minimum atomic E-state index is -0.483. The maximum Gasteiger partial charge on any atom is 0.255 e. The van der Waals surface area contributed by atoms with Crippen LogP contribution < -0.4 is 0 Å². The monoisotopic (exact) mass is 489 g/mol. The Morgan fingerprint density at radius 1 is 1.06 bits per heavy atom. The van der Waals surface area contributed by atoms with Crippen LogP contribution in [0.3, 0.4) is 0 Å². The molecule has 0 N–H and O–H groups in total. The number of nitrogens with zero attached hydrogens (tertiary/aromatic N) is 3. The van der Waals surface area contributed by atoms with Gasteiger partial charge in [-0.05, 0) is 37.3 Å². The van der Waals surface area contributed by atoms with Crippen molar-refractivity contribution in [2.45, 2.75) is 17.6 Å². The predicted octanol–water partition coefficient (Wildman–Crippen LogP) is 5.13. The molecular weight excluding hydrogens is 469 g/mol. The van der Waals surface area contributed by atoms with Gasteiger partial charge >= 0.3 is 0 Å². The number of thiazole rings is 1. The van der Waals surface area contributed by atoms with E-state index in [4.69, 9.17) is 11.6 Å². The SMILES string of the molecule is Cc1nc(CSc2ccccc2C(=O)N2CCN(C(=O)c3ccc(F)cc3Cl)CC2)cs1. The maximum absolute atomic E-state index is 13.3. The number of carbonyl (C=O) groups excluding carboxylic acids is 2. The van der Waals surface area contributed by atoms with Crippen molar-refractivity contribution in [3.63, 3.8) is 0 Å². The van der Waals surface area contributed by atoms with Crippen molar-refractivity contribution >= 4 is 46.5 Å². The van der Waals surface area contributed by atoms with Gasteiger partial charge in [0.15, 0.2) is 0 Å². The Kier molecular flexibility index (Phi) is 7.13. The number of piperazine rings is 1. The molecule has 4 rings (SSSR count). The minimum Gasteiger partial charge on any atom is -0.335 e. The van der Waals surface area contributed by atoms with Gasteiger partial charge in [0.25, 0.3) is 11.8 Å². The Bertz CT molecular complexity index is 1150. The van der Waals surface area contributed by atoms with E-state index in [1.165, 1.54) is 12.1 Å². The Labute approximate surface area is 199 Å². The van der Waals surface area contributed by atoms with Crippen LogP contribution >= 0.6 is 34.7 Å². The largest absolute Gasteiger partial charge is 0.335 e. The molecule has 9 heteroatoms. The Balaban J connectivity index is 1.40. The average Bonchev–Trinajstić information content (AvgIpc) is 3.22. The van der Waals surface area contributed by atoms with Crippen LogP contribution in [0, 0.1) is 12.7 Å². The van der Waals surface area contributed by atoms with Crippen LogP contribution in [0.4, 0.5) is 4.39 Å². The number of aromatic nitrogens is 1. The smallest absolute Gasteiger partial charge is 0.255 e. The van der Waals surface area contributed by atoms with Gasteiger partial charge in [-0.2, -0.15) is 0 Å². The van der Waals surface area contributed by atoms with E-state index in [0.29, 0.717) is 37.5 Å². The van der Waals surface area contributed by atoms with Gasteiger partial charge in [0.1, 0.15) is 5.82 Å². The van der Waals surface area contributed by atoms with E-state index in [-0.39, 0.29) is 22.4 Å². The number of rotatable bonds is 5. The number of thioether (sulfide) groups is 1. The van der Waals surface area contributed by atoms with Gasteiger partial charge in [-0.25, -0.2) is 9.37 Å². The summed E-state index contributed by atoms with van der Waals surface area (Å²) in [6, 6.07) is 11.3. The molecule has 2 heterocycles. The fourth-order valence-electron chi connectivity index (χ4n) is 3.51. The summed E-state index contributed by atoms with van der Waals surface area (Å²) in [5, 5.41) is 3.16. The molecule has 5 nitrogen and oxygen atoms in total. The van der Waals surface area contributed by atoms with E-state index in [0.717, 1.165) is 21.7 Å². The molecule has 0 saturated carbocycles. The quantitative estimate of drug-likeness (QED) is 0.466. The molecule has 1 aliphatic heterocycles. The summed E-state index contributed by atoms with van der Waals surface area (Å²) in [6.45, 7) is 3.61. The van der Waals surface area contributed by atoms with Crippen LogP contribution in [0.1, 0.15) is 31.4 Å². The van der Waals surface area contributed by atoms with Gasteiger partial charge in [-0.1, -0.05) is 23.7 Å². The highest BCUT2D eigenvalue weighted by atomic mass is 35.5. The third kappa shape index (κ3) is 5.14. The molecule has 0 aliphatic carbocycles. The maximum atomic E-state index is 13.3. The van der Waals surface area contributed by atoms with Crippen LogP contribution in [0.15, 0.2) is 52.7 Å². The first kappa shape index (κ1) is 22.8. The third-order valence-corrected chi connectivity index (χ3v) is 7.42. The predicted molar refractivity (Wildman–Crippen MR) is 126 cm³/mol. The number of hydrogen-bond donors (Lipinski definition) is 0. The summed E-state index contributed by atoms with van der Waals surface area (Å²) in [6.07, 6.45) is 0. The topological polar surface area (TPSA) is 53.5 Å². The summed E-state index contributed by atoms with van der Waals surface area (Å²) in [5.74, 6) is -0.0792. The van der Waals surface area contributed by atoms with Crippen molar-refractivity contribution in [1.29, 1.82) is 0 Å². The van der Waals surface area contributed by atoms with E-state index in [1.807, 2.05) is 36.6 Å².